The van der Waals surface area contributed by atoms with Crippen LogP contribution in [0.3, 0.4) is 0 Å². The lowest BCUT2D eigenvalue weighted by Gasteiger charge is -2.36. The molecule has 12 nitrogen and oxygen atoms in total. The van der Waals surface area contributed by atoms with Crippen LogP contribution in [0.1, 0.15) is 46.0 Å². The van der Waals surface area contributed by atoms with Gasteiger partial charge in [-0.2, -0.15) is 30.8 Å². The van der Waals surface area contributed by atoms with E-state index in [1.54, 1.807) is 6.07 Å². The first-order valence-corrected chi connectivity index (χ1v) is 19.8. The smallest absolute Gasteiger partial charge is 0.369 e. The predicted molar refractivity (Wildman–Crippen MR) is 201 cm³/mol. The Balaban J connectivity index is 0.936. The van der Waals surface area contributed by atoms with Crippen molar-refractivity contribution in [1.29, 1.82) is 0 Å². The van der Waals surface area contributed by atoms with Gasteiger partial charge < -0.3 is 15.5 Å². The maximum Gasteiger partial charge on any atom is 0.421 e. The van der Waals surface area contributed by atoms with E-state index in [2.05, 4.69) is 58.8 Å². The number of carbonyl (C=O) groups is 2. The largest absolute Gasteiger partial charge is 0.421 e. The minimum atomic E-state index is -4.71. The Labute approximate surface area is 316 Å². The second-order valence-electron chi connectivity index (χ2n) is 13.7. The second kappa shape index (κ2) is 15.2. The number of aromatic nitrogens is 2. The molecule has 2 fully saturated rings. The number of piperidine rings is 1. The van der Waals surface area contributed by atoms with Crippen LogP contribution in [-0.4, -0.2) is 78.5 Å². The summed E-state index contributed by atoms with van der Waals surface area (Å²) in [7, 11) is -3.48. The average Bonchev–Trinajstić information content (AvgIpc) is 3.45. The SMILES string of the molecule is CS(=O)(=O)c1cccc(CNc2nc(Nc3ccc(N4CCN(Cc5ccc6c(c5)CN(C5CCC(=O)NC5=O)C6S)CC4)cc3)ncc2C(F)(F)F)c1. The van der Waals surface area contributed by atoms with Crippen LogP contribution in [0, 0.1) is 0 Å². The minimum absolute atomic E-state index is 0.0307. The molecule has 0 saturated carbocycles. The monoisotopic (exact) mass is 780 g/mol. The van der Waals surface area contributed by atoms with E-state index in [1.165, 1.54) is 23.8 Å². The molecule has 2 saturated heterocycles. The fraction of sp³-hybridized carbons (Fsp3) is 0.351. The lowest BCUT2D eigenvalue weighted by Crippen LogP contribution is -2.51. The normalized spacial score (nSPS) is 19.8. The number of imide groups is 1. The molecule has 3 N–H and O–H groups in total. The van der Waals surface area contributed by atoms with Gasteiger partial charge in [0.25, 0.3) is 0 Å². The van der Waals surface area contributed by atoms with E-state index in [9.17, 15) is 31.2 Å². The van der Waals surface area contributed by atoms with Gasteiger partial charge in [0.1, 0.15) is 11.4 Å². The first-order chi connectivity index (χ1) is 25.7. The van der Waals surface area contributed by atoms with Crippen LogP contribution < -0.4 is 20.9 Å². The number of thiol groups is 1. The standard InChI is InChI=1S/C37H39F3N8O4S2/c1-54(51,52)28-4-2-3-23(18-28)19-41-33-30(37(38,39)40)20-42-36(45-33)43-26-6-8-27(9-7-26)47-15-13-46(14-16-47)21-24-5-10-29-25(17-24)22-48(35(29)53)31-11-12-32(49)44-34(31)50/h2-10,17-18,20,31,35,53H,11-16,19,21-22H2,1H3,(H,44,49,50)(H2,41,42,43,45). The molecule has 0 radical (unpaired) electrons. The Bertz CT molecular complexity index is 2160. The third-order valence-corrected chi connectivity index (χ3v) is 11.6. The molecule has 3 aliphatic heterocycles. The number of sulfone groups is 1. The minimum Gasteiger partial charge on any atom is -0.369 e. The van der Waals surface area contributed by atoms with Crippen LogP contribution >= 0.6 is 12.6 Å². The Morgan fingerprint density at radius 2 is 1.74 bits per heavy atom. The van der Waals surface area contributed by atoms with Crippen LogP contribution in [0.25, 0.3) is 0 Å². The topological polar surface area (TPSA) is 140 Å². The van der Waals surface area contributed by atoms with E-state index in [0.29, 0.717) is 36.8 Å². The molecule has 4 aromatic rings. The quantitative estimate of drug-likeness (QED) is 0.126. The number of carbonyl (C=O) groups excluding carboxylic acids is 2. The van der Waals surface area contributed by atoms with Crippen LogP contribution in [0.4, 0.5) is 36.3 Å². The lowest BCUT2D eigenvalue weighted by molar-refractivity contribution is -0.138. The number of fused-ring (bicyclic) bond motifs is 1. The Morgan fingerprint density at radius 1 is 0.981 bits per heavy atom. The maximum absolute atomic E-state index is 13.8. The molecular weight excluding hydrogens is 742 g/mol. The molecule has 1 aromatic heterocycles. The highest BCUT2D eigenvalue weighted by Gasteiger charge is 2.39. The van der Waals surface area contributed by atoms with Gasteiger partial charge in [-0.15, -0.1) is 0 Å². The molecule has 3 aliphatic rings. The summed E-state index contributed by atoms with van der Waals surface area (Å²) < 4.78 is 65.3. The van der Waals surface area contributed by atoms with E-state index < -0.39 is 27.4 Å². The fourth-order valence-electron chi connectivity index (χ4n) is 7.05. The first-order valence-electron chi connectivity index (χ1n) is 17.4. The highest BCUT2D eigenvalue weighted by atomic mass is 32.2. The summed E-state index contributed by atoms with van der Waals surface area (Å²) in [5, 5.41) is 7.93. The highest BCUT2D eigenvalue weighted by molar-refractivity contribution is 7.90. The van der Waals surface area contributed by atoms with Gasteiger partial charge in [-0.3, -0.25) is 24.7 Å². The molecule has 3 aromatic carbocycles. The van der Waals surface area contributed by atoms with Crippen molar-refractivity contribution in [2.75, 3.05) is 48.0 Å². The number of halogens is 3. The van der Waals surface area contributed by atoms with E-state index in [1.807, 2.05) is 24.3 Å². The fourth-order valence-corrected chi connectivity index (χ4v) is 8.24. The average molecular weight is 781 g/mol. The van der Waals surface area contributed by atoms with Crippen molar-refractivity contribution in [2.24, 2.45) is 0 Å². The van der Waals surface area contributed by atoms with Crippen LogP contribution in [0.15, 0.2) is 77.8 Å². The van der Waals surface area contributed by atoms with Gasteiger partial charge in [-0.25, -0.2) is 13.4 Å². The van der Waals surface area contributed by atoms with Crippen molar-refractivity contribution < 1.29 is 31.2 Å². The van der Waals surface area contributed by atoms with Gasteiger partial charge in [0.05, 0.1) is 16.3 Å². The van der Waals surface area contributed by atoms with Crippen molar-refractivity contribution in [2.45, 2.75) is 55.0 Å². The number of anilines is 4. The molecule has 2 atom stereocenters. The molecule has 54 heavy (non-hydrogen) atoms. The molecule has 7 rings (SSSR count). The molecule has 2 unspecified atom stereocenters. The van der Waals surface area contributed by atoms with Crippen molar-refractivity contribution in [3.05, 3.63) is 101 Å². The summed E-state index contributed by atoms with van der Waals surface area (Å²) in [6.07, 6.45) is -2.11. The van der Waals surface area contributed by atoms with Crippen LogP contribution in [0.5, 0.6) is 0 Å². The zero-order chi connectivity index (χ0) is 38.2. The molecule has 0 bridgehead atoms. The van der Waals surface area contributed by atoms with Crippen molar-refractivity contribution in [3.8, 4) is 0 Å². The molecular formula is C37H39F3N8O4S2. The van der Waals surface area contributed by atoms with Crippen molar-refractivity contribution in [1.82, 2.24) is 25.1 Å². The van der Waals surface area contributed by atoms with Crippen LogP contribution in [0.2, 0.25) is 0 Å². The summed E-state index contributed by atoms with van der Waals surface area (Å²) in [5.74, 6) is -0.950. The van der Waals surface area contributed by atoms with Gasteiger partial charge in [0.15, 0.2) is 9.84 Å². The first kappa shape index (κ1) is 37.6. The zero-order valence-corrected chi connectivity index (χ0v) is 31.0. The van der Waals surface area contributed by atoms with Gasteiger partial charge in [0, 0.05) is 76.1 Å². The maximum atomic E-state index is 13.8. The van der Waals surface area contributed by atoms with E-state index in [4.69, 9.17) is 12.6 Å². The van der Waals surface area contributed by atoms with Gasteiger partial charge in [0.2, 0.25) is 17.8 Å². The number of amides is 2. The summed E-state index contributed by atoms with van der Waals surface area (Å²) >= 11 is 4.81. The number of hydrogen-bond donors (Lipinski definition) is 4. The van der Waals surface area contributed by atoms with Crippen molar-refractivity contribution in [3.63, 3.8) is 0 Å². The molecule has 17 heteroatoms. The molecule has 2 amide bonds. The Morgan fingerprint density at radius 3 is 2.44 bits per heavy atom. The van der Waals surface area contributed by atoms with Gasteiger partial charge in [-0.1, -0.05) is 30.3 Å². The van der Waals surface area contributed by atoms with Crippen molar-refractivity contribution >= 4 is 57.4 Å². The Kier molecular flexibility index (Phi) is 10.6. The zero-order valence-electron chi connectivity index (χ0n) is 29.3. The number of piperazine rings is 1. The number of nitrogens with one attached hydrogen (secondary N) is 3. The molecule has 284 valence electrons. The predicted octanol–water partition coefficient (Wildman–Crippen LogP) is 5.13. The number of hydrogen-bond acceptors (Lipinski definition) is 12. The number of rotatable bonds is 10. The second-order valence-corrected chi connectivity index (χ2v) is 16.2. The number of benzene rings is 3. The molecule has 4 heterocycles. The molecule has 0 spiro atoms. The van der Waals surface area contributed by atoms with E-state index in [0.717, 1.165) is 55.8 Å². The summed E-state index contributed by atoms with van der Waals surface area (Å²) in [4.78, 5) is 38.9. The van der Waals surface area contributed by atoms with E-state index >= 15 is 0 Å². The Hall–Kier alpha value is -4.71. The van der Waals surface area contributed by atoms with E-state index in [-0.39, 0.29) is 40.6 Å². The number of alkyl halides is 3. The lowest BCUT2D eigenvalue weighted by atomic mass is 10.0. The highest BCUT2D eigenvalue weighted by Crippen LogP contribution is 2.40. The molecule has 0 aliphatic carbocycles. The summed E-state index contributed by atoms with van der Waals surface area (Å²) in [5.41, 5.74) is 4.47. The summed E-state index contributed by atoms with van der Waals surface area (Å²) in [6.45, 7) is 4.63. The third kappa shape index (κ3) is 8.48. The van der Waals surface area contributed by atoms with Crippen LogP contribution in [-0.2, 0) is 45.2 Å². The summed E-state index contributed by atoms with van der Waals surface area (Å²) in [6, 6.07) is 19.5. The third-order valence-electron chi connectivity index (χ3n) is 9.91. The number of nitrogens with zero attached hydrogens (tertiary/aromatic N) is 5. The van der Waals surface area contributed by atoms with Gasteiger partial charge in [-0.05, 0) is 65.1 Å². The van der Waals surface area contributed by atoms with Gasteiger partial charge >= 0.3 is 6.18 Å².